The number of pyridine rings is 1. The van der Waals surface area contributed by atoms with Crippen molar-refractivity contribution in [3.05, 3.63) is 93.0 Å². The van der Waals surface area contributed by atoms with E-state index in [9.17, 15) is 23.2 Å². The molecule has 4 bridgehead atoms. The van der Waals surface area contributed by atoms with Gasteiger partial charge in [-0.2, -0.15) is 18.4 Å². The average molecular weight is 802 g/mol. The van der Waals surface area contributed by atoms with Gasteiger partial charge in [0.15, 0.2) is 5.82 Å². The summed E-state index contributed by atoms with van der Waals surface area (Å²) in [6, 6.07) is 16.7. The molecule has 0 radical (unpaired) electrons. The Kier molecular flexibility index (Phi) is 8.41. The topological polar surface area (TPSA) is 77.2 Å². The normalized spacial score (nSPS) is 25.6. The Hall–Kier alpha value is -4.37. The number of benzene rings is 3. The quantitative estimate of drug-likeness (QED) is 0.166. The lowest BCUT2D eigenvalue weighted by molar-refractivity contribution is -0.137. The molecular weight excluding hydrogens is 763 g/mol. The zero-order valence-corrected chi connectivity index (χ0v) is 32.0. The second-order valence-electron chi connectivity index (χ2n) is 16.3. The van der Waals surface area contributed by atoms with Gasteiger partial charge in [-0.05, 0) is 93.0 Å². The van der Waals surface area contributed by atoms with Gasteiger partial charge < -0.3 is 19.7 Å². The molecule has 7 nitrogen and oxygen atoms in total. The molecule has 6 atom stereocenters. The number of aromatic nitrogens is 2. The Bertz CT molecular complexity index is 2480. The predicted octanol–water partition coefficient (Wildman–Crippen LogP) is 9.81. The second kappa shape index (κ2) is 13.1. The number of nitrogens with zero attached hydrogens (tertiary/aromatic N) is 5. The van der Waals surface area contributed by atoms with Crippen molar-refractivity contribution in [1.82, 2.24) is 19.8 Å². The van der Waals surface area contributed by atoms with Gasteiger partial charge in [0, 0.05) is 82.9 Å². The zero-order chi connectivity index (χ0) is 38.8. The minimum absolute atomic E-state index is 0.00604. The van der Waals surface area contributed by atoms with E-state index in [4.69, 9.17) is 28.2 Å². The maximum Gasteiger partial charge on any atom is 0.416 e. The maximum absolute atomic E-state index is 17.3. The van der Waals surface area contributed by atoms with Gasteiger partial charge >= 0.3 is 6.18 Å². The number of nitrogens with one attached hydrogen (secondary N) is 1. The lowest BCUT2D eigenvalue weighted by Gasteiger charge is -2.40. The van der Waals surface area contributed by atoms with Crippen LogP contribution in [0.2, 0.25) is 10.0 Å². The average Bonchev–Trinajstić information content (AvgIpc) is 3.46. The molecule has 0 unspecified atom stereocenters. The SMILES string of the molecule is Cc1nc2c(F)c(-c3cccc(Cl)c3Cl)c(CCC#N)cc2c2c1cc([C@H]1[C@H]3C[C@H](CN(c4ccc(C(F)(F)F)cc4)C3)N1C(=O)C1CC1)n2[C@H]1[C@H]2CN[C@@H]1C2. The first-order valence-electron chi connectivity index (χ1n) is 19.4. The molecule has 6 aliphatic rings. The summed E-state index contributed by atoms with van der Waals surface area (Å²) in [4.78, 5) is 23.6. The number of carbonyl (C=O) groups excluding carboxylic acids is 1. The van der Waals surface area contributed by atoms with Crippen LogP contribution in [0.3, 0.4) is 0 Å². The van der Waals surface area contributed by atoms with Crippen molar-refractivity contribution < 1.29 is 22.4 Å². The first kappa shape index (κ1) is 36.0. The molecule has 2 aromatic heterocycles. The van der Waals surface area contributed by atoms with Gasteiger partial charge in [-0.3, -0.25) is 4.79 Å². The summed E-state index contributed by atoms with van der Waals surface area (Å²) in [5, 5.41) is 15.4. The van der Waals surface area contributed by atoms with Crippen molar-refractivity contribution >= 4 is 56.6 Å². The largest absolute Gasteiger partial charge is 0.416 e. The van der Waals surface area contributed by atoms with Crippen LogP contribution in [0.15, 0.2) is 54.6 Å². The Morgan fingerprint density at radius 2 is 1.82 bits per heavy atom. The van der Waals surface area contributed by atoms with Gasteiger partial charge in [0.05, 0.1) is 45.3 Å². The third-order valence-corrected chi connectivity index (χ3v) is 13.9. The molecule has 1 amide bonds. The number of carbonyl (C=O) groups is 1. The van der Waals surface area contributed by atoms with Crippen molar-refractivity contribution in [3.8, 4) is 17.2 Å². The fourth-order valence-corrected chi connectivity index (χ4v) is 10.8. The molecule has 1 N–H and O–H groups in total. The summed E-state index contributed by atoms with van der Waals surface area (Å²) in [6.45, 7) is 3.86. The smallest absolute Gasteiger partial charge is 0.369 e. The van der Waals surface area contributed by atoms with Crippen LogP contribution in [0, 0.1) is 41.8 Å². The van der Waals surface area contributed by atoms with Gasteiger partial charge in [-0.15, -0.1) is 0 Å². The summed E-state index contributed by atoms with van der Waals surface area (Å²) < 4.78 is 60.1. The monoisotopic (exact) mass is 800 g/mol. The number of hydrogen-bond acceptors (Lipinski definition) is 5. The standard InChI is InChI=1S/C43H38Cl2F4N6O/c1-21-30-17-34(40-25-14-28(54(40)42(56)22-7-8-22)20-53(19-25)27-11-9-26(10-12-27)43(47,48)49)55(39-24-16-33(39)51-18-24)41(30)31-15-23(4-3-13-50)35(37(46)38(31)52-21)29-5-2-6-32(44)36(29)45/h2,5-6,9-12,15,17,22,24-25,28,33,39-40,51H,3-4,7-8,14,16,18-20H2,1H3/t24-,25+,28-,33-,39+,40-/m1/s1. The fourth-order valence-electron chi connectivity index (χ4n) is 10.4. The number of nitriles is 1. The Morgan fingerprint density at radius 1 is 1.04 bits per heavy atom. The molecule has 3 aromatic carbocycles. The minimum atomic E-state index is -4.43. The fraction of sp³-hybridized carbons (Fsp3) is 0.419. The number of amides is 1. The van der Waals surface area contributed by atoms with E-state index in [1.165, 1.54) is 12.1 Å². The highest BCUT2D eigenvalue weighted by Gasteiger charge is 2.55. The van der Waals surface area contributed by atoms with Crippen LogP contribution in [0.4, 0.5) is 23.2 Å². The maximum atomic E-state index is 17.3. The summed E-state index contributed by atoms with van der Waals surface area (Å²) >= 11 is 13.1. The van der Waals surface area contributed by atoms with Crippen molar-refractivity contribution in [1.29, 1.82) is 5.26 Å². The second-order valence-corrected chi connectivity index (χ2v) is 17.1. The van der Waals surface area contributed by atoms with Gasteiger partial charge in [-0.1, -0.05) is 35.3 Å². The van der Waals surface area contributed by atoms with E-state index >= 15 is 4.39 Å². The van der Waals surface area contributed by atoms with Crippen LogP contribution in [0.25, 0.3) is 32.9 Å². The van der Waals surface area contributed by atoms with Crippen molar-refractivity contribution in [2.45, 2.75) is 75.8 Å². The summed E-state index contributed by atoms with van der Waals surface area (Å²) in [7, 11) is 0. The molecule has 2 saturated carbocycles. The Morgan fingerprint density at radius 3 is 2.50 bits per heavy atom. The van der Waals surface area contributed by atoms with Crippen molar-refractivity contribution in [2.24, 2.45) is 17.8 Å². The summed E-state index contributed by atoms with van der Waals surface area (Å²) in [6.07, 6.45) is -0.475. The molecule has 5 aromatic rings. The lowest BCUT2D eigenvalue weighted by Crippen LogP contribution is -2.45. The molecule has 2 aliphatic carbocycles. The number of alkyl halides is 3. The van der Waals surface area contributed by atoms with E-state index in [0.717, 1.165) is 61.0 Å². The van der Waals surface area contributed by atoms with Gasteiger partial charge in [-0.25, -0.2) is 9.37 Å². The Balaban J connectivity index is 1.18. The molecule has 56 heavy (non-hydrogen) atoms. The highest BCUT2D eigenvalue weighted by Crippen LogP contribution is 2.54. The van der Waals surface area contributed by atoms with Crippen LogP contribution in [0.1, 0.15) is 66.7 Å². The van der Waals surface area contributed by atoms with Crippen LogP contribution < -0.4 is 10.2 Å². The molecule has 4 saturated heterocycles. The predicted molar refractivity (Wildman–Crippen MR) is 208 cm³/mol. The van der Waals surface area contributed by atoms with E-state index in [1.807, 2.05) is 13.0 Å². The van der Waals surface area contributed by atoms with Gasteiger partial charge in [0.1, 0.15) is 5.52 Å². The minimum Gasteiger partial charge on any atom is -0.369 e. The highest BCUT2D eigenvalue weighted by molar-refractivity contribution is 6.43. The van der Waals surface area contributed by atoms with E-state index in [1.54, 1.807) is 18.2 Å². The van der Waals surface area contributed by atoms with E-state index in [-0.39, 0.29) is 70.9 Å². The van der Waals surface area contributed by atoms with Crippen molar-refractivity contribution in [2.75, 3.05) is 24.5 Å². The summed E-state index contributed by atoms with van der Waals surface area (Å²) in [5.74, 6) is -0.0683. The van der Waals surface area contributed by atoms with Gasteiger partial charge in [0.2, 0.25) is 5.91 Å². The van der Waals surface area contributed by atoms with Crippen LogP contribution in [-0.4, -0.2) is 52.1 Å². The van der Waals surface area contributed by atoms with Crippen LogP contribution >= 0.6 is 23.2 Å². The molecular formula is C43H38Cl2F4N6O. The Labute approximate surface area is 331 Å². The van der Waals surface area contributed by atoms with Crippen LogP contribution in [-0.2, 0) is 17.4 Å². The number of fused-ring (bicyclic) bond motifs is 6. The van der Waals surface area contributed by atoms with E-state index in [2.05, 4.69) is 31.8 Å². The lowest BCUT2D eigenvalue weighted by atomic mass is 9.79. The molecule has 13 heteroatoms. The molecule has 288 valence electrons. The van der Waals surface area contributed by atoms with E-state index in [0.29, 0.717) is 51.9 Å². The molecule has 6 heterocycles. The third-order valence-electron chi connectivity index (χ3n) is 13.1. The van der Waals surface area contributed by atoms with Crippen molar-refractivity contribution in [3.63, 3.8) is 0 Å². The number of halogens is 6. The molecule has 11 rings (SSSR count). The zero-order valence-electron chi connectivity index (χ0n) is 30.5. The number of likely N-dealkylation sites (tertiary alicyclic amines) is 1. The summed E-state index contributed by atoms with van der Waals surface area (Å²) in [5.41, 5.74) is 4.09. The third kappa shape index (κ3) is 5.53. The molecule has 6 fully saturated rings. The molecule has 4 aliphatic heterocycles. The first-order chi connectivity index (χ1) is 26.9. The first-order valence-corrected chi connectivity index (χ1v) is 20.1. The number of anilines is 1. The van der Waals surface area contributed by atoms with E-state index < -0.39 is 17.6 Å². The van der Waals surface area contributed by atoms with Crippen LogP contribution in [0.5, 0.6) is 0 Å². The number of piperidine rings is 1. The van der Waals surface area contributed by atoms with Gasteiger partial charge in [0.25, 0.3) is 0 Å². The number of aryl methyl sites for hydroxylation is 2. The highest BCUT2D eigenvalue weighted by atomic mass is 35.5. The number of hydrogen-bond donors (Lipinski definition) is 1. The number of rotatable bonds is 7. The molecule has 0 spiro atoms.